The fourth-order valence-corrected chi connectivity index (χ4v) is 4.77. The molecule has 0 spiro atoms. The van der Waals surface area contributed by atoms with Crippen molar-refractivity contribution < 1.29 is 19.0 Å². The van der Waals surface area contributed by atoms with Gasteiger partial charge in [-0.05, 0) is 54.8 Å². The Kier molecular flexibility index (Phi) is 7.60. The van der Waals surface area contributed by atoms with Crippen molar-refractivity contribution in [3.63, 3.8) is 0 Å². The van der Waals surface area contributed by atoms with Crippen LogP contribution in [0.4, 0.5) is 5.69 Å². The first-order valence-electron chi connectivity index (χ1n) is 11.7. The lowest BCUT2D eigenvalue weighted by molar-refractivity contribution is -0.130. The van der Waals surface area contributed by atoms with Crippen LogP contribution in [0.3, 0.4) is 0 Å². The topological polar surface area (TPSA) is 54.5 Å². The van der Waals surface area contributed by atoms with Crippen LogP contribution in [0.1, 0.15) is 17.5 Å². The molecular formula is C26H35N3O4. The second-order valence-electron chi connectivity index (χ2n) is 8.67. The van der Waals surface area contributed by atoms with Crippen molar-refractivity contribution in [1.29, 1.82) is 0 Å². The number of amides is 1. The van der Waals surface area contributed by atoms with Crippen molar-refractivity contribution in [2.24, 2.45) is 0 Å². The zero-order chi connectivity index (χ0) is 23.2. The van der Waals surface area contributed by atoms with E-state index in [4.69, 9.17) is 14.2 Å². The molecule has 33 heavy (non-hydrogen) atoms. The normalized spacial score (nSPS) is 16.9. The number of hydrogen-bond acceptors (Lipinski definition) is 6. The molecule has 4 rings (SSSR count). The molecule has 7 heteroatoms. The van der Waals surface area contributed by atoms with Crippen LogP contribution in [0.15, 0.2) is 36.4 Å². The summed E-state index contributed by atoms with van der Waals surface area (Å²) < 4.78 is 16.2. The Balaban J connectivity index is 1.25. The molecule has 2 aromatic carbocycles. The third-order valence-electron chi connectivity index (χ3n) is 6.74. The van der Waals surface area contributed by atoms with E-state index in [1.165, 1.54) is 11.3 Å². The van der Waals surface area contributed by atoms with E-state index < -0.39 is 0 Å². The Hall–Kier alpha value is -2.93. The molecule has 7 nitrogen and oxygen atoms in total. The molecule has 2 aliphatic heterocycles. The number of hydrogen-bond donors (Lipinski definition) is 0. The van der Waals surface area contributed by atoms with Crippen molar-refractivity contribution in [3.05, 3.63) is 47.5 Å². The third kappa shape index (κ3) is 5.53. The molecular weight excluding hydrogens is 418 g/mol. The summed E-state index contributed by atoms with van der Waals surface area (Å²) in [5.41, 5.74) is 3.45. The van der Waals surface area contributed by atoms with Crippen LogP contribution in [0.5, 0.6) is 17.2 Å². The van der Waals surface area contributed by atoms with E-state index in [9.17, 15) is 4.79 Å². The number of ether oxygens (including phenoxy) is 3. The highest BCUT2D eigenvalue weighted by molar-refractivity contribution is 5.80. The van der Waals surface area contributed by atoms with Gasteiger partial charge in [-0.1, -0.05) is 6.07 Å². The van der Waals surface area contributed by atoms with Gasteiger partial charge in [-0.15, -0.1) is 0 Å². The number of methoxy groups -OCH3 is 3. The predicted molar refractivity (Wildman–Crippen MR) is 130 cm³/mol. The van der Waals surface area contributed by atoms with E-state index in [0.717, 1.165) is 75.7 Å². The molecule has 2 heterocycles. The molecule has 0 radical (unpaired) electrons. The van der Waals surface area contributed by atoms with Gasteiger partial charge in [0.15, 0.2) is 11.5 Å². The monoisotopic (exact) mass is 453 g/mol. The smallest absolute Gasteiger partial charge is 0.227 e. The summed E-state index contributed by atoms with van der Waals surface area (Å²) in [4.78, 5) is 19.8. The Morgan fingerprint density at radius 3 is 2.24 bits per heavy atom. The highest BCUT2D eigenvalue weighted by Crippen LogP contribution is 2.32. The predicted octanol–water partition coefficient (Wildman–Crippen LogP) is 2.85. The second kappa shape index (κ2) is 10.8. The van der Waals surface area contributed by atoms with E-state index in [1.54, 1.807) is 21.3 Å². The fourth-order valence-electron chi connectivity index (χ4n) is 4.77. The zero-order valence-electron chi connectivity index (χ0n) is 20.0. The minimum atomic E-state index is 0.198. The number of carbonyl (C=O) groups excluding carboxylic acids is 1. The van der Waals surface area contributed by atoms with Gasteiger partial charge in [-0.3, -0.25) is 9.69 Å². The number of benzene rings is 2. The van der Waals surface area contributed by atoms with Crippen molar-refractivity contribution in [2.45, 2.75) is 19.3 Å². The Morgan fingerprint density at radius 1 is 0.818 bits per heavy atom. The molecule has 1 fully saturated rings. The van der Waals surface area contributed by atoms with Gasteiger partial charge >= 0.3 is 0 Å². The van der Waals surface area contributed by atoms with E-state index in [-0.39, 0.29) is 5.91 Å². The van der Waals surface area contributed by atoms with Gasteiger partial charge in [0.2, 0.25) is 5.91 Å². The van der Waals surface area contributed by atoms with Gasteiger partial charge in [0.25, 0.3) is 0 Å². The van der Waals surface area contributed by atoms with Crippen molar-refractivity contribution >= 4 is 11.6 Å². The molecule has 2 aromatic rings. The molecule has 1 amide bonds. The molecule has 0 aromatic heterocycles. The average molecular weight is 454 g/mol. The van der Waals surface area contributed by atoms with Crippen LogP contribution in [-0.4, -0.2) is 82.8 Å². The Bertz CT molecular complexity index is 957. The maximum absolute atomic E-state index is 12.9. The minimum absolute atomic E-state index is 0.198. The van der Waals surface area contributed by atoms with Crippen LogP contribution in [0.25, 0.3) is 0 Å². The largest absolute Gasteiger partial charge is 0.497 e. The first-order valence-corrected chi connectivity index (χ1v) is 11.7. The maximum Gasteiger partial charge on any atom is 0.227 e. The van der Waals surface area contributed by atoms with E-state index in [0.29, 0.717) is 12.2 Å². The summed E-state index contributed by atoms with van der Waals surface area (Å²) in [7, 11) is 4.99. The second-order valence-corrected chi connectivity index (χ2v) is 8.67. The SMILES string of the molecule is COc1cccc(N2CCN(CCCN3CCc4cc(OC)c(OC)cc4CC3=O)CC2)c1. The third-order valence-corrected chi connectivity index (χ3v) is 6.74. The molecule has 0 atom stereocenters. The molecule has 0 bridgehead atoms. The molecule has 0 N–H and O–H groups in total. The summed E-state index contributed by atoms with van der Waals surface area (Å²) in [6.45, 7) is 6.67. The number of piperazine rings is 1. The number of fused-ring (bicyclic) bond motifs is 1. The fraction of sp³-hybridized carbons (Fsp3) is 0.500. The van der Waals surface area contributed by atoms with Gasteiger partial charge in [0.05, 0.1) is 27.8 Å². The zero-order valence-corrected chi connectivity index (χ0v) is 20.0. The molecule has 0 saturated carbocycles. The van der Waals surface area contributed by atoms with Crippen molar-refractivity contribution in [2.75, 3.05) is 72.0 Å². The van der Waals surface area contributed by atoms with Gasteiger partial charge in [-0.25, -0.2) is 0 Å². The lowest BCUT2D eigenvalue weighted by Crippen LogP contribution is -2.47. The Morgan fingerprint density at radius 2 is 1.55 bits per heavy atom. The summed E-state index contributed by atoms with van der Waals surface area (Å²) in [6.07, 6.45) is 2.27. The van der Waals surface area contributed by atoms with Crippen LogP contribution >= 0.6 is 0 Å². The van der Waals surface area contributed by atoms with Gasteiger partial charge in [0.1, 0.15) is 5.75 Å². The van der Waals surface area contributed by atoms with Gasteiger partial charge in [0, 0.05) is 51.0 Å². The summed E-state index contributed by atoms with van der Waals surface area (Å²) in [6, 6.07) is 12.2. The highest BCUT2D eigenvalue weighted by atomic mass is 16.5. The lowest BCUT2D eigenvalue weighted by Gasteiger charge is -2.36. The summed E-state index contributed by atoms with van der Waals surface area (Å²) in [5, 5.41) is 0. The first-order chi connectivity index (χ1) is 16.1. The van der Waals surface area contributed by atoms with Gasteiger partial charge < -0.3 is 24.0 Å². The molecule has 178 valence electrons. The van der Waals surface area contributed by atoms with Crippen molar-refractivity contribution in [1.82, 2.24) is 9.80 Å². The Labute approximate surface area is 196 Å². The average Bonchev–Trinajstić information content (AvgIpc) is 3.01. The molecule has 0 unspecified atom stereocenters. The van der Waals surface area contributed by atoms with E-state index >= 15 is 0 Å². The van der Waals surface area contributed by atoms with Crippen LogP contribution in [0, 0.1) is 0 Å². The quantitative estimate of drug-likeness (QED) is 0.613. The highest BCUT2D eigenvalue weighted by Gasteiger charge is 2.23. The number of nitrogens with zero attached hydrogens (tertiary/aromatic N) is 3. The number of rotatable bonds is 8. The standard InChI is InChI=1S/C26H35N3O4/c1-31-23-7-4-6-22(19-23)28-14-12-27(13-15-28)9-5-10-29-11-8-20-16-24(32-2)25(33-3)17-21(20)18-26(29)30/h4,6-7,16-17,19H,5,8-15,18H2,1-3H3. The summed E-state index contributed by atoms with van der Waals surface area (Å²) >= 11 is 0. The van der Waals surface area contributed by atoms with Crippen LogP contribution in [-0.2, 0) is 17.6 Å². The van der Waals surface area contributed by atoms with Crippen LogP contribution in [0.2, 0.25) is 0 Å². The molecule has 0 aliphatic carbocycles. The van der Waals surface area contributed by atoms with Crippen molar-refractivity contribution in [3.8, 4) is 17.2 Å². The first kappa shape index (κ1) is 23.2. The van der Waals surface area contributed by atoms with E-state index in [2.05, 4.69) is 21.9 Å². The molecule has 2 aliphatic rings. The molecule has 1 saturated heterocycles. The maximum atomic E-state index is 12.9. The van der Waals surface area contributed by atoms with E-state index in [1.807, 2.05) is 29.2 Å². The lowest BCUT2D eigenvalue weighted by atomic mass is 10.0. The minimum Gasteiger partial charge on any atom is -0.497 e. The number of anilines is 1. The summed E-state index contributed by atoms with van der Waals surface area (Å²) in [5.74, 6) is 2.51. The number of carbonyl (C=O) groups is 1. The van der Waals surface area contributed by atoms with Gasteiger partial charge in [-0.2, -0.15) is 0 Å². The van der Waals surface area contributed by atoms with Crippen LogP contribution < -0.4 is 19.1 Å².